The van der Waals surface area contributed by atoms with Gasteiger partial charge in [0.05, 0.1) is 12.1 Å². The Bertz CT molecular complexity index is 1230. The lowest BCUT2D eigenvalue weighted by Gasteiger charge is -2.33. The zero-order valence-electron chi connectivity index (χ0n) is 28.0. The molecule has 2 aromatic carbocycles. The number of fused-ring (bicyclic) bond motifs is 1. The molecule has 44 heavy (non-hydrogen) atoms. The van der Waals surface area contributed by atoms with E-state index in [9.17, 15) is 24.6 Å². The maximum atomic E-state index is 13.9. The molecule has 0 spiro atoms. The minimum atomic E-state index is -1.23. The molecule has 246 valence electrons. The van der Waals surface area contributed by atoms with Crippen molar-refractivity contribution in [2.75, 3.05) is 0 Å². The van der Waals surface area contributed by atoms with Crippen molar-refractivity contribution in [2.45, 2.75) is 124 Å². The summed E-state index contributed by atoms with van der Waals surface area (Å²) in [5.74, 6) is -1.29. The Morgan fingerprint density at radius 3 is 1.89 bits per heavy atom. The Balaban J connectivity index is 2.34. The third-order valence-corrected chi connectivity index (χ3v) is 8.08. The molecule has 9 heteroatoms. The predicted octanol–water partition coefficient (Wildman–Crippen LogP) is 5.11. The second-order valence-electron chi connectivity index (χ2n) is 13.6. The first kappa shape index (κ1) is 37.0. The summed E-state index contributed by atoms with van der Waals surface area (Å²) in [5, 5.41) is 32.8. The highest BCUT2D eigenvalue weighted by molar-refractivity contribution is 5.92. The lowest BCUT2D eigenvalue weighted by atomic mass is 9.91. The Labute approximate surface area is 263 Å². The number of ether oxygens (including phenoxy) is 1. The molecule has 2 rings (SSSR count). The monoisotopic (exact) mass is 613 g/mol. The number of hydrogen-bond acceptors (Lipinski definition) is 6. The van der Waals surface area contributed by atoms with Crippen molar-refractivity contribution in [1.29, 1.82) is 0 Å². The molecule has 0 aliphatic heterocycles. The Hall–Kier alpha value is -3.17. The molecular weight excluding hydrogens is 558 g/mol. The Kier molecular flexibility index (Phi) is 14.1. The van der Waals surface area contributed by atoms with E-state index in [1.807, 2.05) is 84.0 Å². The van der Waals surface area contributed by atoms with E-state index < -0.39 is 53.8 Å². The summed E-state index contributed by atoms with van der Waals surface area (Å²) in [7, 11) is 0. The van der Waals surface area contributed by atoms with E-state index in [4.69, 9.17) is 4.74 Å². The van der Waals surface area contributed by atoms with Crippen LogP contribution in [-0.4, -0.2) is 64.1 Å². The molecule has 0 bridgehead atoms. The summed E-state index contributed by atoms with van der Waals surface area (Å²) in [5.41, 5.74) is 0.160. The number of benzene rings is 2. The number of carbonyl (C=O) groups is 3. The van der Waals surface area contributed by atoms with Crippen LogP contribution in [0.25, 0.3) is 10.8 Å². The van der Waals surface area contributed by atoms with Gasteiger partial charge in [-0.1, -0.05) is 96.8 Å². The molecule has 7 atom stereocenters. The van der Waals surface area contributed by atoms with Crippen LogP contribution in [0.15, 0.2) is 42.5 Å². The van der Waals surface area contributed by atoms with Crippen molar-refractivity contribution in [3.05, 3.63) is 48.0 Å². The Morgan fingerprint density at radius 1 is 0.795 bits per heavy atom. The standard InChI is InChI=1S/C35H55N3O6/c1-10-22(5)29(37-33(42)30(23(6)11-2)38-34(43)44-35(7,8)9)32(41)36-27(31(40)28(39)18-21(3)4)20-24-16-17-25-14-12-13-15-26(25)19-24/h12-17,19,21-23,27-31,39-40H,10-11,18,20H2,1-9H3,(H,36,41)(H,37,42)(H,38,43)/t22-,23-,27-,28-,29-,30-,31+/m0/s1. The molecule has 5 N–H and O–H groups in total. The number of alkyl carbamates (subject to hydrolysis) is 1. The molecule has 0 heterocycles. The number of aliphatic hydroxyl groups is 2. The normalized spacial score (nSPS) is 16.7. The molecule has 0 aromatic heterocycles. The van der Waals surface area contributed by atoms with Gasteiger partial charge in [0.1, 0.15) is 23.8 Å². The molecule has 0 saturated heterocycles. The van der Waals surface area contributed by atoms with Crippen LogP contribution in [0.3, 0.4) is 0 Å². The first-order valence-corrected chi connectivity index (χ1v) is 16.0. The smallest absolute Gasteiger partial charge is 0.408 e. The minimum Gasteiger partial charge on any atom is -0.444 e. The molecule has 0 aliphatic rings. The van der Waals surface area contributed by atoms with Gasteiger partial charge in [-0.05, 0) is 67.7 Å². The molecule has 2 aromatic rings. The average molecular weight is 614 g/mol. The fraction of sp³-hybridized carbons (Fsp3) is 0.629. The fourth-order valence-corrected chi connectivity index (χ4v) is 5.12. The molecule has 0 aliphatic carbocycles. The highest BCUT2D eigenvalue weighted by Gasteiger charge is 2.36. The van der Waals surface area contributed by atoms with E-state index in [-0.39, 0.29) is 24.2 Å². The van der Waals surface area contributed by atoms with E-state index in [2.05, 4.69) is 16.0 Å². The van der Waals surface area contributed by atoms with Crippen molar-refractivity contribution < 1.29 is 29.3 Å². The molecule has 0 saturated carbocycles. The maximum absolute atomic E-state index is 13.9. The van der Waals surface area contributed by atoms with Gasteiger partial charge >= 0.3 is 6.09 Å². The molecule has 3 amide bonds. The molecule has 0 radical (unpaired) electrons. The number of carbonyl (C=O) groups excluding carboxylic acids is 3. The van der Waals surface area contributed by atoms with Crippen molar-refractivity contribution in [3.8, 4) is 0 Å². The SMILES string of the molecule is CC[C@H](C)[C@H](NC(=O)OC(C)(C)C)C(=O)N[C@H](C(=O)N[C@@H](Cc1ccc2ccccc2c1)[C@@H](O)[C@@H](O)CC(C)C)[C@@H](C)CC. The summed E-state index contributed by atoms with van der Waals surface area (Å²) in [6.45, 7) is 16.7. The van der Waals surface area contributed by atoms with Crippen molar-refractivity contribution in [2.24, 2.45) is 17.8 Å². The van der Waals surface area contributed by atoms with Crippen LogP contribution in [0.1, 0.15) is 87.1 Å². The number of rotatable bonds is 15. The van der Waals surface area contributed by atoms with Crippen LogP contribution in [0.4, 0.5) is 4.79 Å². The second-order valence-corrected chi connectivity index (χ2v) is 13.6. The molecular formula is C35H55N3O6. The summed E-state index contributed by atoms with van der Waals surface area (Å²) in [6, 6.07) is 11.2. The van der Waals surface area contributed by atoms with Gasteiger partial charge < -0.3 is 30.9 Å². The van der Waals surface area contributed by atoms with Crippen molar-refractivity contribution >= 4 is 28.7 Å². The van der Waals surface area contributed by atoms with Crippen LogP contribution in [-0.2, 0) is 20.7 Å². The maximum Gasteiger partial charge on any atom is 0.408 e. The quantitative estimate of drug-likeness (QED) is 0.190. The third-order valence-electron chi connectivity index (χ3n) is 8.08. The highest BCUT2D eigenvalue weighted by Crippen LogP contribution is 2.20. The van der Waals surface area contributed by atoms with Crippen LogP contribution in [0.2, 0.25) is 0 Å². The van der Waals surface area contributed by atoms with Gasteiger partial charge in [0.15, 0.2) is 0 Å². The van der Waals surface area contributed by atoms with E-state index in [0.29, 0.717) is 19.3 Å². The number of hydrogen-bond donors (Lipinski definition) is 5. The van der Waals surface area contributed by atoms with Crippen LogP contribution < -0.4 is 16.0 Å². The van der Waals surface area contributed by atoms with Crippen LogP contribution in [0, 0.1) is 17.8 Å². The van der Waals surface area contributed by atoms with Gasteiger partial charge in [0, 0.05) is 0 Å². The predicted molar refractivity (Wildman–Crippen MR) is 175 cm³/mol. The van der Waals surface area contributed by atoms with E-state index in [0.717, 1.165) is 16.3 Å². The first-order chi connectivity index (χ1) is 20.6. The molecule has 0 unspecified atom stereocenters. The topological polar surface area (TPSA) is 137 Å². The summed E-state index contributed by atoms with van der Waals surface area (Å²) < 4.78 is 5.39. The highest BCUT2D eigenvalue weighted by atomic mass is 16.6. The van der Waals surface area contributed by atoms with Gasteiger partial charge in [-0.3, -0.25) is 9.59 Å². The lowest BCUT2D eigenvalue weighted by Crippen LogP contribution is -2.60. The fourth-order valence-electron chi connectivity index (χ4n) is 5.12. The third kappa shape index (κ3) is 11.4. The summed E-state index contributed by atoms with van der Waals surface area (Å²) in [4.78, 5) is 40.1. The lowest BCUT2D eigenvalue weighted by molar-refractivity contribution is -0.133. The molecule has 0 fully saturated rings. The zero-order valence-corrected chi connectivity index (χ0v) is 28.0. The second kappa shape index (κ2) is 16.8. The van der Waals surface area contributed by atoms with E-state index >= 15 is 0 Å². The van der Waals surface area contributed by atoms with Gasteiger partial charge in [0.2, 0.25) is 11.8 Å². The van der Waals surface area contributed by atoms with E-state index in [1.165, 1.54) is 0 Å². The summed E-state index contributed by atoms with van der Waals surface area (Å²) in [6.07, 6.45) is -1.14. The van der Waals surface area contributed by atoms with Gasteiger partial charge in [-0.25, -0.2) is 4.79 Å². The van der Waals surface area contributed by atoms with Gasteiger partial charge in [-0.15, -0.1) is 0 Å². The minimum absolute atomic E-state index is 0.138. The van der Waals surface area contributed by atoms with Crippen molar-refractivity contribution in [3.63, 3.8) is 0 Å². The number of nitrogens with one attached hydrogen (secondary N) is 3. The van der Waals surface area contributed by atoms with Crippen LogP contribution in [0.5, 0.6) is 0 Å². The Morgan fingerprint density at radius 2 is 1.34 bits per heavy atom. The number of aliphatic hydroxyl groups excluding tert-OH is 2. The largest absolute Gasteiger partial charge is 0.444 e. The van der Waals surface area contributed by atoms with Crippen LogP contribution >= 0.6 is 0 Å². The van der Waals surface area contributed by atoms with Gasteiger partial charge in [0.25, 0.3) is 0 Å². The summed E-state index contributed by atoms with van der Waals surface area (Å²) >= 11 is 0. The first-order valence-electron chi connectivity index (χ1n) is 16.0. The average Bonchev–Trinajstić information content (AvgIpc) is 2.95. The zero-order chi connectivity index (χ0) is 33.2. The van der Waals surface area contributed by atoms with Gasteiger partial charge in [-0.2, -0.15) is 0 Å². The van der Waals surface area contributed by atoms with Crippen molar-refractivity contribution in [1.82, 2.24) is 16.0 Å². The number of amides is 3. The van der Waals surface area contributed by atoms with E-state index in [1.54, 1.807) is 20.8 Å². The molecule has 9 nitrogen and oxygen atoms in total.